The van der Waals surface area contributed by atoms with Crippen molar-refractivity contribution in [1.29, 1.82) is 0 Å². The summed E-state index contributed by atoms with van der Waals surface area (Å²) in [6.45, 7) is 0. The minimum atomic E-state index is -3.98. The second-order valence-electron chi connectivity index (χ2n) is 8.14. The van der Waals surface area contributed by atoms with Crippen molar-refractivity contribution in [2.75, 3.05) is 16.6 Å². The van der Waals surface area contributed by atoms with Gasteiger partial charge in [0.2, 0.25) is 0 Å². The summed E-state index contributed by atoms with van der Waals surface area (Å²) in [6.07, 6.45) is 0. The first-order chi connectivity index (χ1) is 17.2. The van der Waals surface area contributed by atoms with Gasteiger partial charge in [-0.1, -0.05) is 60.7 Å². The third-order valence-electron chi connectivity index (χ3n) is 5.76. The maximum atomic E-state index is 13.2. The third-order valence-corrected chi connectivity index (χ3v) is 8.50. The molecule has 0 aromatic heterocycles. The van der Waals surface area contributed by atoms with E-state index in [9.17, 15) is 16.8 Å². The Labute approximate surface area is 209 Å². The van der Waals surface area contributed by atoms with E-state index in [1.54, 1.807) is 24.3 Å². The molecule has 0 heterocycles. The molecule has 0 atom stereocenters. The molecule has 0 radical (unpaired) electrons. The Hall–Kier alpha value is -4.08. The van der Waals surface area contributed by atoms with Crippen LogP contribution in [0.2, 0.25) is 0 Å². The molecule has 0 amide bonds. The minimum absolute atomic E-state index is 0.0744. The maximum absolute atomic E-state index is 13.2. The van der Waals surface area contributed by atoms with E-state index in [0.29, 0.717) is 0 Å². The Bertz CT molecular complexity index is 1820. The molecule has 0 unspecified atom stereocenters. The highest BCUT2D eigenvalue weighted by molar-refractivity contribution is 7.93. The number of sulfonamides is 2. The van der Waals surface area contributed by atoms with Crippen LogP contribution in [0.1, 0.15) is 0 Å². The highest BCUT2D eigenvalue weighted by Crippen LogP contribution is 2.32. The first kappa shape index (κ1) is 23.7. The molecular formula is C27H22N2O5S2. The smallest absolute Gasteiger partial charge is 0.262 e. The van der Waals surface area contributed by atoms with E-state index >= 15 is 0 Å². The summed E-state index contributed by atoms with van der Waals surface area (Å²) >= 11 is 0. The van der Waals surface area contributed by atoms with Crippen molar-refractivity contribution in [2.45, 2.75) is 9.79 Å². The molecule has 5 aromatic rings. The summed E-state index contributed by atoms with van der Waals surface area (Å²) in [7, 11) is -6.51. The van der Waals surface area contributed by atoms with Gasteiger partial charge in [0.1, 0.15) is 5.75 Å². The molecule has 0 saturated carbocycles. The van der Waals surface area contributed by atoms with Crippen LogP contribution in [0.4, 0.5) is 11.4 Å². The predicted octanol–water partition coefficient (Wildman–Crippen LogP) is 5.60. The van der Waals surface area contributed by atoms with Gasteiger partial charge >= 0.3 is 0 Å². The van der Waals surface area contributed by atoms with Crippen LogP contribution in [0.3, 0.4) is 0 Å². The molecule has 0 aliphatic carbocycles. The fraction of sp³-hybridized carbons (Fsp3) is 0.0370. The van der Waals surface area contributed by atoms with Crippen molar-refractivity contribution in [3.63, 3.8) is 0 Å². The van der Waals surface area contributed by atoms with Gasteiger partial charge in [0.25, 0.3) is 20.0 Å². The molecule has 0 aliphatic rings. The van der Waals surface area contributed by atoms with E-state index in [0.717, 1.165) is 21.5 Å². The second-order valence-corrected chi connectivity index (χ2v) is 11.5. The lowest BCUT2D eigenvalue weighted by Crippen LogP contribution is -2.15. The highest BCUT2D eigenvalue weighted by atomic mass is 32.2. The van der Waals surface area contributed by atoms with Crippen LogP contribution in [0, 0.1) is 0 Å². The van der Waals surface area contributed by atoms with Gasteiger partial charge in [0.05, 0.1) is 28.3 Å². The van der Waals surface area contributed by atoms with Crippen molar-refractivity contribution >= 4 is 53.0 Å². The molecule has 182 valence electrons. The van der Waals surface area contributed by atoms with Crippen molar-refractivity contribution in [3.05, 3.63) is 103 Å². The standard InChI is InChI=1S/C27H22N2O5S2/c1-34-27-15-12-23(28-35(30,31)24-13-10-19-6-2-4-8-21(19)16-24)18-26(27)29-36(32,33)25-14-11-20-7-3-5-9-22(20)17-25/h2-18,28-29H,1H3. The average Bonchev–Trinajstić information content (AvgIpc) is 2.88. The van der Waals surface area contributed by atoms with Crippen LogP contribution >= 0.6 is 0 Å². The molecule has 0 saturated heterocycles. The van der Waals surface area contributed by atoms with Crippen LogP contribution in [0.5, 0.6) is 5.75 Å². The van der Waals surface area contributed by atoms with E-state index in [1.807, 2.05) is 48.5 Å². The van der Waals surface area contributed by atoms with E-state index in [4.69, 9.17) is 4.74 Å². The molecule has 7 nitrogen and oxygen atoms in total. The summed E-state index contributed by atoms with van der Waals surface area (Å²) in [6, 6.07) is 29.0. The quantitative estimate of drug-likeness (QED) is 0.292. The summed E-state index contributed by atoms with van der Waals surface area (Å²) in [4.78, 5) is 0.167. The number of anilines is 2. The lowest BCUT2D eigenvalue weighted by atomic mass is 10.1. The number of fused-ring (bicyclic) bond motifs is 2. The molecular weight excluding hydrogens is 496 g/mol. The number of rotatable bonds is 7. The molecule has 0 aliphatic heterocycles. The Balaban J connectivity index is 1.46. The zero-order valence-corrected chi connectivity index (χ0v) is 20.8. The number of hydrogen-bond acceptors (Lipinski definition) is 5. The molecule has 0 bridgehead atoms. The molecule has 5 aromatic carbocycles. The molecule has 36 heavy (non-hydrogen) atoms. The molecule has 0 spiro atoms. The van der Waals surface area contributed by atoms with Crippen molar-refractivity contribution in [2.24, 2.45) is 0 Å². The fourth-order valence-corrected chi connectivity index (χ4v) is 6.12. The molecule has 2 N–H and O–H groups in total. The number of ether oxygens (including phenoxy) is 1. The van der Waals surface area contributed by atoms with Crippen molar-refractivity contribution in [1.82, 2.24) is 0 Å². The van der Waals surface area contributed by atoms with Crippen LogP contribution in [-0.2, 0) is 20.0 Å². The van der Waals surface area contributed by atoms with E-state index in [2.05, 4.69) is 9.44 Å². The third kappa shape index (κ3) is 4.71. The molecule has 0 fully saturated rings. The number of benzene rings is 5. The zero-order valence-electron chi connectivity index (χ0n) is 19.2. The van der Waals surface area contributed by atoms with Gasteiger partial charge in [-0.05, 0) is 64.0 Å². The topological polar surface area (TPSA) is 102 Å². The van der Waals surface area contributed by atoms with Gasteiger partial charge in [0.15, 0.2) is 0 Å². The van der Waals surface area contributed by atoms with Crippen molar-refractivity contribution in [3.8, 4) is 5.75 Å². The second kappa shape index (κ2) is 9.18. The summed E-state index contributed by atoms with van der Waals surface area (Å²) in [5.41, 5.74) is 0.282. The van der Waals surface area contributed by atoms with E-state index in [-0.39, 0.29) is 26.9 Å². The maximum Gasteiger partial charge on any atom is 0.262 e. The monoisotopic (exact) mass is 518 g/mol. The Morgan fingerprint density at radius 1 is 0.556 bits per heavy atom. The molecule has 5 rings (SSSR count). The van der Waals surface area contributed by atoms with Gasteiger partial charge < -0.3 is 4.74 Å². The summed E-state index contributed by atoms with van der Waals surface area (Å²) in [5, 5.41) is 3.41. The molecule has 9 heteroatoms. The lowest BCUT2D eigenvalue weighted by molar-refractivity contribution is 0.417. The first-order valence-corrected chi connectivity index (χ1v) is 13.9. The minimum Gasteiger partial charge on any atom is -0.495 e. The Kier molecular flexibility index (Phi) is 6.03. The van der Waals surface area contributed by atoms with Crippen LogP contribution in [-0.4, -0.2) is 23.9 Å². The van der Waals surface area contributed by atoms with E-state index in [1.165, 1.54) is 37.4 Å². The van der Waals surface area contributed by atoms with Crippen molar-refractivity contribution < 1.29 is 21.6 Å². The average molecular weight is 519 g/mol. The fourth-order valence-electron chi connectivity index (χ4n) is 3.94. The largest absolute Gasteiger partial charge is 0.495 e. The summed E-state index contributed by atoms with van der Waals surface area (Å²) < 4.78 is 62.8. The van der Waals surface area contributed by atoms with Crippen LogP contribution < -0.4 is 14.2 Å². The summed E-state index contributed by atoms with van der Waals surface area (Å²) in [5.74, 6) is 0.244. The number of hydrogen-bond donors (Lipinski definition) is 2. The number of methoxy groups -OCH3 is 1. The van der Waals surface area contributed by atoms with Gasteiger partial charge in [-0.25, -0.2) is 16.8 Å². The lowest BCUT2D eigenvalue weighted by Gasteiger charge is -2.15. The van der Waals surface area contributed by atoms with Gasteiger partial charge in [-0.15, -0.1) is 0 Å². The zero-order chi connectivity index (χ0) is 25.3. The van der Waals surface area contributed by atoms with Crippen LogP contribution in [0.15, 0.2) is 113 Å². The SMILES string of the molecule is COc1ccc(NS(=O)(=O)c2ccc3ccccc3c2)cc1NS(=O)(=O)c1ccc2ccccc2c1. The Morgan fingerprint density at radius 3 is 1.58 bits per heavy atom. The van der Waals surface area contributed by atoms with Gasteiger partial charge in [-0.2, -0.15) is 0 Å². The predicted molar refractivity (Wildman–Crippen MR) is 143 cm³/mol. The van der Waals surface area contributed by atoms with E-state index < -0.39 is 20.0 Å². The normalized spacial score (nSPS) is 11.9. The highest BCUT2D eigenvalue weighted by Gasteiger charge is 2.20. The first-order valence-electron chi connectivity index (χ1n) is 11.0. The van der Waals surface area contributed by atoms with Gasteiger partial charge in [0, 0.05) is 0 Å². The number of nitrogens with one attached hydrogen (secondary N) is 2. The van der Waals surface area contributed by atoms with Gasteiger partial charge in [-0.3, -0.25) is 9.44 Å². The van der Waals surface area contributed by atoms with Crippen LogP contribution in [0.25, 0.3) is 21.5 Å². The Morgan fingerprint density at radius 2 is 1.06 bits per heavy atom.